The van der Waals surface area contributed by atoms with Crippen molar-refractivity contribution in [3.05, 3.63) is 29.8 Å². The van der Waals surface area contributed by atoms with E-state index in [4.69, 9.17) is 10.8 Å². The summed E-state index contributed by atoms with van der Waals surface area (Å²) in [6, 6.07) is 7.80. The van der Waals surface area contributed by atoms with Crippen LogP contribution in [0.3, 0.4) is 0 Å². The molecule has 0 heterocycles. The second kappa shape index (κ2) is 7.41. The maximum Gasteiger partial charge on any atom is 0.229 e. The minimum absolute atomic E-state index is 0.0127. The van der Waals surface area contributed by atoms with Gasteiger partial charge in [-0.2, -0.15) is 0 Å². The van der Waals surface area contributed by atoms with Gasteiger partial charge in [0.25, 0.3) is 0 Å². The standard InChI is InChI=1S/C16H24N2O2/c17-15-9-2-1-8-14(15)16(20)18-13-7-3-5-12(11-13)6-4-10-19/h3,5,7,11,14-15,19H,1-2,4,6,8-10,17H2,(H,18,20). The predicted octanol–water partition coefficient (Wildman–Crippen LogP) is 2.07. The molecule has 1 aromatic rings. The van der Waals surface area contributed by atoms with Gasteiger partial charge in [-0.25, -0.2) is 0 Å². The molecule has 1 amide bonds. The molecule has 1 aromatic carbocycles. The van der Waals surface area contributed by atoms with Gasteiger partial charge in [-0.1, -0.05) is 25.0 Å². The molecule has 4 heteroatoms. The molecule has 0 aromatic heterocycles. The van der Waals surface area contributed by atoms with Crippen molar-refractivity contribution in [1.29, 1.82) is 0 Å². The van der Waals surface area contributed by atoms with Gasteiger partial charge in [-0.05, 0) is 43.4 Å². The van der Waals surface area contributed by atoms with E-state index >= 15 is 0 Å². The molecule has 2 unspecified atom stereocenters. The first-order chi connectivity index (χ1) is 9.70. The molecule has 2 rings (SSSR count). The van der Waals surface area contributed by atoms with Crippen LogP contribution in [0, 0.1) is 5.92 Å². The largest absolute Gasteiger partial charge is 0.396 e. The van der Waals surface area contributed by atoms with Crippen molar-refractivity contribution in [3.63, 3.8) is 0 Å². The molecule has 2 atom stereocenters. The van der Waals surface area contributed by atoms with Gasteiger partial charge in [0, 0.05) is 18.3 Å². The van der Waals surface area contributed by atoms with E-state index in [1.165, 1.54) is 0 Å². The second-order valence-electron chi connectivity index (χ2n) is 5.57. The quantitative estimate of drug-likeness (QED) is 0.770. The van der Waals surface area contributed by atoms with Crippen LogP contribution in [-0.4, -0.2) is 23.7 Å². The van der Waals surface area contributed by atoms with Crippen LogP contribution in [0.5, 0.6) is 0 Å². The van der Waals surface area contributed by atoms with Crippen LogP contribution in [-0.2, 0) is 11.2 Å². The van der Waals surface area contributed by atoms with Gasteiger partial charge in [0.1, 0.15) is 0 Å². The molecule has 4 N–H and O–H groups in total. The molecule has 0 bridgehead atoms. The van der Waals surface area contributed by atoms with E-state index in [-0.39, 0.29) is 24.5 Å². The molecule has 1 fully saturated rings. The lowest BCUT2D eigenvalue weighted by molar-refractivity contribution is -0.121. The number of aliphatic hydroxyl groups is 1. The highest BCUT2D eigenvalue weighted by Gasteiger charge is 2.28. The summed E-state index contributed by atoms with van der Waals surface area (Å²) < 4.78 is 0. The van der Waals surface area contributed by atoms with Crippen LogP contribution in [0.2, 0.25) is 0 Å². The maximum absolute atomic E-state index is 12.3. The average molecular weight is 276 g/mol. The Hall–Kier alpha value is -1.39. The lowest BCUT2D eigenvalue weighted by Gasteiger charge is -2.27. The second-order valence-corrected chi connectivity index (χ2v) is 5.57. The number of aryl methyl sites for hydroxylation is 1. The van der Waals surface area contributed by atoms with Crippen LogP contribution in [0.1, 0.15) is 37.7 Å². The van der Waals surface area contributed by atoms with Crippen molar-refractivity contribution in [3.8, 4) is 0 Å². The number of hydrogen-bond acceptors (Lipinski definition) is 3. The lowest BCUT2D eigenvalue weighted by Crippen LogP contribution is -2.40. The Morgan fingerprint density at radius 1 is 1.35 bits per heavy atom. The fraction of sp³-hybridized carbons (Fsp3) is 0.562. The first kappa shape index (κ1) is 15.0. The molecule has 0 radical (unpaired) electrons. The zero-order valence-electron chi connectivity index (χ0n) is 11.8. The zero-order valence-corrected chi connectivity index (χ0v) is 11.8. The van der Waals surface area contributed by atoms with Gasteiger partial charge in [0.2, 0.25) is 5.91 Å². The van der Waals surface area contributed by atoms with Crippen LogP contribution in [0.25, 0.3) is 0 Å². The first-order valence-corrected chi connectivity index (χ1v) is 7.47. The number of carbonyl (C=O) groups is 1. The van der Waals surface area contributed by atoms with Crippen molar-refractivity contribution >= 4 is 11.6 Å². The summed E-state index contributed by atoms with van der Waals surface area (Å²) in [4.78, 5) is 12.3. The number of hydrogen-bond donors (Lipinski definition) is 3. The van der Waals surface area contributed by atoms with Gasteiger partial charge in [0.05, 0.1) is 5.92 Å². The third-order valence-electron chi connectivity index (χ3n) is 3.97. The summed E-state index contributed by atoms with van der Waals surface area (Å²) in [5.41, 5.74) is 7.99. The molecule has 0 aliphatic heterocycles. The lowest BCUT2D eigenvalue weighted by atomic mass is 9.84. The fourth-order valence-electron chi connectivity index (χ4n) is 2.81. The number of benzene rings is 1. The third kappa shape index (κ3) is 4.05. The van der Waals surface area contributed by atoms with Crippen molar-refractivity contribution < 1.29 is 9.90 Å². The maximum atomic E-state index is 12.3. The number of anilines is 1. The molecule has 0 saturated heterocycles. The Morgan fingerprint density at radius 2 is 2.15 bits per heavy atom. The monoisotopic (exact) mass is 276 g/mol. The summed E-state index contributed by atoms with van der Waals surface area (Å²) >= 11 is 0. The molecule has 20 heavy (non-hydrogen) atoms. The Labute approximate surface area is 120 Å². The van der Waals surface area contributed by atoms with Crippen molar-refractivity contribution in [1.82, 2.24) is 0 Å². The number of carbonyl (C=O) groups excluding carboxylic acids is 1. The zero-order chi connectivity index (χ0) is 14.4. The number of aliphatic hydroxyl groups excluding tert-OH is 1. The van der Waals surface area contributed by atoms with E-state index in [2.05, 4.69) is 5.32 Å². The average Bonchev–Trinajstić information content (AvgIpc) is 2.46. The number of nitrogens with one attached hydrogen (secondary N) is 1. The van der Waals surface area contributed by atoms with Crippen LogP contribution < -0.4 is 11.1 Å². The van der Waals surface area contributed by atoms with Gasteiger partial charge < -0.3 is 16.2 Å². The topological polar surface area (TPSA) is 75.4 Å². The highest BCUT2D eigenvalue weighted by atomic mass is 16.2. The van der Waals surface area contributed by atoms with E-state index < -0.39 is 0 Å². The Balaban J connectivity index is 1.96. The minimum Gasteiger partial charge on any atom is -0.396 e. The highest BCUT2D eigenvalue weighted by Crippen LogP contribution is 2.24. The summed E-state index contributed by atoms with van der Waals surface area (Å²) in [6.07, 6.45) is 5.60. The number of amides is 1. The molecular formula is C16H24N2O2. The van der Waals surface area contributed by atoms with Gasteiger partial charge in [0.15, 0.2) is 0 Å². The Bertz CT molecular complexity index is 448. The van der Waals surface area contributed by atoms with Crippen LogP contribution in [0.15, 0.2) is 24.3 Å². The van der Waals surface area contributed by atoms with E-state index in [1.807, 2.05) is 24.3 Å². The summed E-state index contributed by atoms with van der Waals surface area (Å²) in [5.74, 6) is -0.0265. The van der Waals surface area contributed by atoms with E-state index in [9.17, 15) is 4.79 Å². The summed E-state index contributed by atoms with van der Waals surface area (Å²) in [6.45, 7) is 0.188. The molecule has 1 aliphatic rings. The Kier molecular flexibility index (Phi) is 5.56. The van der Waals surface area contributed by atoms with E-state index in [1.54, 1.807) is 0 Å². The predicted molar refractivity (Wildman–Crippen MR) is 80.4 cm³/mol. The smallest absolute Gasteiger partial charge is 0.229 e. The first-order valence-electron chi connectivity index (χ1n) is 7.47. The highest BCUT2D eigenvalue weighted by molar-refractivity contribution is 5.93. The van der Waals surface area contributed by atoms with Gasteiger partial charge >= 0.3 is 0 Å². The van der Waals surface area contributed by atoms with Gasteiger partial charge in [-0.15, -0.1) is 0 Å². The molecule has 0 spiro atoms. The van der Waals surface area contributed by atoms with Crippen molar-refractivity contribution in [2.45, 2.75) is 44.6 Å². The summed E-state index contributed by atoms with van der Waals surface area (Å²) in [7, 11) is 0. The van der Waals surface area contributed by atoms with Crippen LogP contribution >= 0.6 is 0 Å². The van der Waals surface area contributed by atoms with Crippen molar-refractivity contribution in [2.75, 3.05) is 11.9 Å². The Morgan fingerprint density at radius 3 is 2.90 bits per heavy atom. The number of rotatable bonds is 5. The van der Waals surface area contributed by atoms with E-state index in [0.29, 0.717) is 0 Å². The SMILES string of the molecule is NC1CCCCC1C(=O)Nc1cccc(CCCO)c1. The normalized spacial score (nSPS) is 22.5. The fourth-order valence-corrected chi connectivity index (χ4v) is 2.81. The van der Waals surface area contributed by atoms with Gasteiger partial charge in [-0.3, -0.25) is 4.79 Å². The minimum atomic E-state index is -0.0650. The molecule has 1 aliphatic carbocycles. The number of nitrogens with two attached hydrogens (primary N) is 1. The molecule has 110 valence electrons. The van der Waals surface area contributed by atoms with Crippen molar-refractivity contribution in [2.24, 2.45) is 11.7 Å². The van der Waals surface area contributed by atoms with E-state index in [0.717, 1.165) is 49.8 Å². The molecule has 4 nitrogen and oxygen atoms in total. The summed E-state index contributed by atoms with van der Waals surface area (Å²) in [5, 5.41) is 11.8. The van der Waals surface area contributed by atoms with Crippen LogP contribution in [0.4, 0.5) is 5.69 Å². The molecule has 1 saturated carbocycles. The third-order valence-corrected chi connectivity index (χ3v) is 3.97. The molecular weight excluding hydrogens is 252 g/mol.